The van der Waals surface area contributed by atoms with Gasteiger partial charge < -0.3 is 20.0 Å². The third-order valence-electron chi connectivity index (χ3n) is 5.26. The van der Waals surface area contributed by atoms with E-state index < -0.39 is 0 Å². The average molecular weight is 491 g/mol. The van der Waals surface area contributed by atoms with E-state index in [0.717, 1.165) is 64.4 Å². The Morgan fingerprint density at radius 3 is 2.50 bits per heavy atom. The van der Waals surface area contributed by atoms with Gasteiger partial charge >= 0.3 is 0 Å². The summed E-state index contributed by atoms with van der Waals surface area (Å²) in [4.78, 5) is 11.5. The highest BCUT2D eigenvalue weighted by Crippen LogP contribution is 2.26. The molecule has 148 valence electrons. The van der Waals surface area contributed by atoms with Crippen molar-refractivity contribution in [3.8, 4) is 0 Å². The van der Waals surface area contributed by atoms with Gasteiger partial charge in [-0.25, -0.2) is 4.98 Å². The van der Waals surface area contributed by atoms with Crippen LogP contribution >= 0.6 is 22.6 Å². The minimum atomic E-state index is 0.416. The van der Waals surface area contributed by atoms with Crippen LogP contribution in [0.2, 0.25) is 0 Å². The maximum atomic E-state index is 5.63. The Bertz CT molecular complexity index is 933. The number of nitrogens with one attached hydrogen (secondary N) is 2. The van der Waals surface area contributed by atoms with E-state index in [1.165, 1.54) is 0 Å². The Balaban J connectivity index is 1.35. The van der Waals surface area contributed by atoms with Crippen LogP contribution in [0, 0.1) is 3.77 Å². The first-order chi connectivity index (χ1) is 13.6. The van der Waals surface area contributed by atoms with Crippen LogP contribution in [0.25, 0.3) is 10.9 Å². The maximum absolute atomic E-state index is 5.63. The smallest absolute Gasteiger partial charge is 0.225 e. The van der Waals surface area contributed by atoms with Crippen molar-refractivity contribution >= 4 is 45.3 Å². The molecule has 28 heavy (non-hydrogen) atoms. The zero-order valence-corrected chi connectivity index (χ0v) is 18.4. The molecule has 1 aliphatic rings. The molecule has 0 atom stereocenters. The fraction of sp³-hybridized carbons (Fsp3) is 0.429. The van der Waals surface area contributed by atoms with Crippen molar-refractivity contribution in [2.45, 2.75) is 44.3 Å². The van der Waals surface area contributed by atoms with Gasteiger partial charge in [0.15, 0.2) is 3.77 Å². The van der Waals surface area contributed by atoms with Crippen molar-refractivity contribution in [3.05, 3.63) is 45.9 Å². The third kappa shape index (κ3) is 4.57. The predicted molar refractivity (Wildman–Crippen MR) is 122 cm³/mol. The van der Waals surface area contributed by atoms with E-state index >= 15 is 0 Å². The summed E-state index contributed by atoms with van der Waals surface area (Å²) >= 11 is 2.20. The number of nitrogens with zero attached hydrogens (tertiary/aromatic N) is 3. The fourth-order valence-corrected chi connectivity index (χ4v) is 4.24. The molecule has 2 heterocycles. The van der Waals surface area contributed by atoms with Gasteiger partial charge in [-0.2, -0.15) is 4.98 Å². The first-order valence-corrected chi connectivity index (χ1v) is 10.8. The van der Waals surface area contributed by atoms with Gasteiger partial charge in [-0.05, 0) is 72.5 Å². The second kappa shape index (κ2) is 8.65. The number of aromatic nitrogens is 2. The fourth-order valence-electron chi connectivity index (χ4n) is 3.78. The minimum Gasteiger partial charge on any atom is -0.454 e. The summed E-state index contributed by atoms with van der Waals surface area (Å²) < 4.78 is 6.57. The number of rotatable bonds is 6. The van der Waals surface area contributed by atoms with Crippen LogP contribution in [0.3, 0.4) is 0 Å². The van der Waals surface area contributed by atoms with E-state index in [9.17, 15) is 0 Å². The summed E-state index contributed by atoms with van der Waals surface area (Å²) in [6, 6.07) is 13.2. The lowest BCUT2D eigenvalue weighted by molar-refractivity contribution is 0.338. The van der Waals surface area contributed by atoms with Gasteiger partial charge in [0.2, 0.25) is 5.95 Å². The molecule has 7 heteroatoms. The first kappa shape index (κ1) is 19.4. The van der Waals surface area contributed by atoms with Crippen molar-refractivity contribution in [2.24, 2.45) is 0 Å². The zero-order valence-electron chi connectivity index (χ0n) is 16.3. The van der Waals surface area contributed by atoms with Crippen molar-refractivity contribution < 1.29 is 4.42 Å². The molecule has 1 aromatic carbocycles. The molecule has 0 amide bonds. The second-order valence-electron chi connectivity index (χ2n) is 7.56. The van der Waals surface area contributed by atoms with Crippen LogP contribution < -0.4 is 15.5 Å². The molecule has 1 aliphatic carbocycles. The average Bonchev–Trinajstić information content (AvgIpc) is 3.12. The van der Waals surface area contributed by atoms with Gasteiger partial charge in [-0.15, -0.1) is 0 Å². The molecule has 2 aromatic heterocycles. The van der Waals surface area contributed by atoms with E-state index in [1.54, 1.807) is 0 Å². The molecule has 1 fully saturated rings. The van der Waals surface area contributed by atoms with Crippen LogP contribution in [0.5, 0.6) is 0 Å². The Morgan fingerprint density at radius 2 is 1.79 bits per heavy atom. The highest BCUT2D eigenvalue weighted by Gasteiger charge is 2.22. The third-order valence-corrected chi connectivity index (χ3v) is 5.84. The van der Waals surface area contributed by atoms with E-state index in [0.29, 0.717) is 12.1 Å². The predicted octanol–water partition coefficient (Wildman–Crippen LogP) is 4.41. The highest BCUT2D eigenvalue weighted by atomic mass is 127. The van der Waals surface area contributed by atoms with Crippen LogP contribution in [-0.4, -0.2) is 36.1 Å². The van der Waals surface area contributed by atoms with Gasteiger partial charge in [-0.3, -0.25) is 0 Å². The maximum Gasteiger partial charge on any atom is 0.225 e. The van der Waals surface area contributed by atoms with Crippen molar-refractivity contribution in [1.29, 1.82) is 0 Å². The molecule has 2 N–H and O–H groups in total. The number of fused-ring (bicyclic) bond motifs is 1. The van der Waals surface area contributed by atoms with E-state index in [-0.39, 0.29) is 0 Å². The Morgan fingerprint density at radius 1 is 1.04 bits per heavy atom. The molecular formula is C21H26IN5O. The summed E-state index contributed by atoms with van der Waals surface area (Å²) in [5.41, 5.74) is 0.979. The van der Waals surface area contributed by atoms with Gasteiger partial charge in [0.25, 0.3) is 0 Å². The molecule has 0 radical (unpaired) electrons. The normalized spacial score (nSPS) is 19.7. The monoisotopic (exact) mass is 491 g/mol. The Labute approximate surface area is 179 Å². The van der Waals surface area contributed by atoms with E-state index in [2.05, 4.69) is 39.3 Å². The van der Waals surface area contributed by atoms with Crippen LogP contribution in [-0.2, 0) is 6.54 Å². The summed E-state index contributed by atoms with van der Waals surface area (Å²) in [6.45, 7) is 0.797. The summed E-state index contributed by atoms with van der Waals surface area (Å²) in [7, 11) is 4.05. The lowest BCUT2D eigenvalue weighted by atomic mass is 9.91. The molecule has 0 aliphatic heterocycles. The van der Waals surface area contributed by atoms with Crippen LogP contribution in [0.1, 0.15) is 31.4 Å². The Kier molecular flexibility index (Phi) is 6.01. The molecule has 6 nitrogen and oxygen atoms in total. The molecule has 0 spiro atoms. The minimum absolute atomic E-state index is 0.416. The van der Waals surface area contributed by atoms with Crippen molar-refractivity contribution in [2.75, 3.05) is 24.3 Å². The topological polar surface area (TPSA) is 66.2 Å². The van der Waals surface area contributed by atoms with E-state index in [1.807, 2.05) is 49.3 Å². The van der Waals surface area contributed by atoms with E-state index in [4.69, 9.17) is 14.4 Å². The number of anilines is 2. The number of furan rings is 1. The molecule has 3 aromatic rings. The molecule has 0 unspecified atom stereocenters. The number of benzene rings is 1. The largest absolute Gasteiger partial charge is 0.454 e. The lowest BCUT2D eigenvalue weighted by Gasteiger charge is -2.30. The van der Waals surface area contributed by atoms with Gasteiger partial charge in [0.1, 0.15) is 11.6 Å². The molecule has 0 bridgehead atoms. The summed E-state index contributed by atoms with van der Waals surface area (Å²) in [5, 5.41) is 8.27. The van der Waals surface area contributed by atoms with Gasteiger partial charge in [0, 0.05) is 31.6 Å². The van der Waals surface area contributed by atoms with Gasteiger partial charge in [0.05, 0.1) is 12.1 Å². The molecular weight excluding hydrogens is 465 g/mol. The molecule has 1 saturated carbocycles. The van der Waals surface area contributed by atoms with Crippen LogP contribution in [0.4, 0.5) is 11.8 Å². The molecule has 0 saturated heterocycles. The first-order valence-electron chi connectivity index (χ1n) is 9.77. The van der Waals surface area contributed by atoms with Crippen LogP contribution in [0.15, 0.2) is 40.8 Å². The number of hydrogen-bond acceptors (Lipinski definition) is 6. The SMILES string of the molecule is CN(C)c1nc(N[C@H]2CC[C@@H](NCc3ccc(I)o3)CC2)nc2ccccc12. The summed E-state index contributed by atoms with van der Waals surface area (Å²) in [6.07, 6.45) is 4.51. The zero-order chi connectivity index (χ0) is 19.5. The number of para-hydroxylation sites is 1. The van der Waals surface area contributed by atoms with Crippen molar-refractivity contribution in [3.63, 3.8) is 0 Å². The standard InChI is InChI=1S/C21H26IN5O/c1-27(2)20-17-5-3-4-6-18(17)25-21(26-20)24-15-9-7-14(8-10-15)23-13-16-11-12-19(22)28-16/h3-6,11-12,14-15,23H,7-10,13H2,1-2H3,(H,24,25,26)/t14-,15+. The van der Waals surface area contributed by atoms with Crippen molar-refractivity contribution in [1.82, 2.24) is 15.3 Å². The number of hydrogen-bond donors (Lipinski definition) is 2. The Hall–Kier alpha value is -1.87. The second-order valence-corrected chi connectivity index (χ2v) is 8.63. The molecule has 4 rings (SSSR count). The highest BCUT2D eigenvalue weighted by molar-refractivity contribution is 14.1. The number of halogens is 1. The quantitative estimate of drug-likeness (QED) is 0.499. The summed E-state index contributed by atoms with van der Waals surface area (Å²) in [5.74, 6) is 2.69. The van der Waals surface area contributed by atoms with Gasteiger partial charge in [-0.1, -0.05) is 12.1 Å². The lowest BCUT2D eigenvalue weighted by Crippen LogP contribution is -2.36.